The molecule has 1 aromatic heterocycles. The summed E-state index contributed by atoms with van der Waals surface area (Å²) in [4.78, 5) is 18.9. The highest BCUT2D eigenvalue weighted by Crippen LogP contribution is 2.20. The van der Waals surface area contributed by atoms with Crippen molar-refractivity contribution in [1.29, 1.82) is 0 Å². The average molecular weight is 240 g/mol. The number of nitrogens with one attached hydrogen (secondary N) is 1. The lowest BCUT2D eigenvalue weighted by Crippen LogP contribution is -2.10. The third-order valence-corrected chi connectivity index (χ3v) is 2.46. The molecule has 17 heavy (non-hydrogen) atoms. The first-order valence-electron chi connectivity index (χ1n) is 6.07. The molecule has 1 unspecified atom stereocenters. The number of rotatable bonds is 6. The van der Waals surface area contributed by atoms with Crippen molar-refractivity contribution in [1.82, 2.24) is 9.97 Å². The number of nitrogens with zero attached hydrogens (tertiary/aromatic N) is 1. The van der Waals surface area contributed by atoms with Gasteiger partial charge in [-0.15, -0.1) is 0 Å². The summed E-state index contributed by atoms with van der Waals surface area (Å²) in [5.41, 5.74) is 0.680. The standard InChI is InChI=1S/C12H20N2O3/c1-4-7-9-13-10(8(15)5-2)11(14-9)12(16)17-6-3/h8,15H,4-7H2,1-3H3,(H,13,14). The molecule has 1 heterocycles. The van der Waals surface area contributed by atoms with Crippen LogP contribution in [-0.4, -0.2) is 27.7 Å². The minimum Gasteiger partial charge on any atom is -0.461 e. The van der Waals surface area contributed by atoms with Crippen LogP contribution in [0.3, 0.4) is 0 Å². The molecular formula is C12H20N2O3. The van der Waals surface area contributed by atoms with Crippen molar-refractivity contribution in [3.8, 4) is 0 Å². The zero-order valence-electron chi connectivity index (χ0n) is 10.6. The van der Waals surface area contributed by atoms with E-state index in [2.05, 4.69) is 9.97 Å². The van der Waals surface area contributed by atoms with Crippen LogP contribution in [0.1, 0.15) is 61.7 Å². The summed E-state index contributed by atoms with van der Waals surface area (Å²) in [5.74, 6) is 0.242. The highest BCUT2D eigenvalue weighted by Gasteiger charge is 2.22. The summed E-state index contributed by atoms with van der Waals surface area (Å²) in [5, 5.41) is 9.83. The first-order valence-corrected chi connectivity index (χ1v) is 6.07. The fourth-order valence-corrected chi connectivity index (χ4v) is 1.59. The van der Waals surface area contributed by atoms with Gasteiger partial charge >= 0.3 is 5.97 Å². The Balaban J connectivity index is 3.02. The monoisotopic (exact) mass is 240 g/mol. The Morgan fingerprint density at radius 1 is 1.47 bits per heavy atom. The molecule has 1 aromatic rings. The third kappa shape index (κ3) is 3.30. The molecule has 0 amide bonds. The van der Waals surface area contributed by atoms with E-state index in [4.69, 9.17) is 4.74 Å². The van der Waals surface area contributed by atoms with E-state index in [-0.39, 0.29) is 5.69 Å². The van der Waals surface area contributed by atoms with Crippen LogP contribution in [0.5, 0.6) is 0 Å². The Hall–Kier alpha value is -1.36. The van der Waals surface area contributed by atoms with E-state index in [0.717, 1.165) is 18.7 Å². The van der Waals surface area contributed by atoms with Crippen LogP contribution in [0.15, 0.2) is 0 Å². The SMILES string of the molecule is CCCc1nc(C(=O)OCC)c(C(O)CC)[nH]1. The van der Waals surface area contributed by atoms with E-state index in [1.54, 1.807) is 6.92 Å². The summed E-state index contributed by atoms with van der Waals surface area (Å²) in [7, 11) is 0. The maximum absolute atomic E-state index is 11.7. The summed E-state index contributed by atoms with van der Waals surface area (Å²) in [6, 6.07) is 0. The number of hydrogen-bond donors (Lipinski definition) is 2. The lowest BCUT2D eigenvalue weighted by atomic mass is 10.1. The normalized spacial score (nSPS) is 12.5. The molecule has 0 fully saturated rings. The maximum atomic E-state index is 11.7. The van der Waals surface area contributed by atoms with E-state index in [1.807, 2.05) is 13.8 Å². The minimum absolute atomic E-state index is 0.213. The zero-order valence-corrected chi connectivity index (χ0v) is 10.6. The van der Waals surface area contributed by atoms with Gasteiger partial charge in [0.2, 0.25) is 0 Å². The molecule has 0 aliphatic rings. The van der Waals surface area contributed by atoms with Crippen LogP contribution in [-0.2, 0) is 11.2 Å². The van der Waals surface area contributed by atoms with Gasteiger partial charge in [0.05, 0.1) is 18.4 Å². The molecule has 96 valence electrons. The lowest BCUT2D eigenvalue weighted by molar-refractivity contribution is 0.0511. The molecule has 0 aliphatic carbocycles. The Kier molecular flexibility index (Phi) is 5.15. The second-order valence-electron chi connectivity index (χ2n) is 3.84. The molecule has 0 aliphatic heterocycles. The Morgan fingerprint density at radius 3 is 2.71 bits per heavy atom. The Morgan fingerprint density at radius 2 is 2.18 bits per heavy atom. The highest BCUT2D eigenvalue weighted by molar-refractivity contribution is 5.88. The van der Waals surface area contributed by atoms with Crippen LogP contribution in [0.4, 0.5) is 0 Å². The number of aromatic nitrogens is 2. The van der Waals surface area contributed by atoms with Gasteiger partial charge in [-0.2, -0.15) is 0 Å². The van der Waals surface area contributed by atoms with E-state index < -0.39 is 12.1 Å². The highest BCUT2D eigenvalue weighted by atomic mass is 16.5. The summed E-state index contributed by atoms with van der Waals surface area (Å²) in [6.07, 6.45) is 1.51. The second-order valence-corrected chi connectivity index (χ2v) is 3.84. The smallest absolute Gasteiger partial charge is 0.358 e. The van der Waals surface area contributed by atoms with E-state index in [9.17, 15) is 9.90 Å². The molecule has 2 N–H and O–H groups in total. The topological polar surface area (TPSA) is 75.2 Å². The molecule has 1 rings (SSSR count). The van der Waals surface area contributed by atoms with Crippen LogP contribution in [0, 0.1) is 0 Å². The maximum Gasteiger partial charge on any atom is 0.358 e. The number of aliphatic hydroxyl groups excluding tert-OH is 1. The Bertz CT molecular complexity index is 374. The minimum atomic E-state index is -0.701. The zero-order chi connectivity index (χ0) is 12.8. The van der Waals surface area contributed by atoms with Gasteiger partial charge in [-0.3, -0.25) is 0 Å². The number of hydrogen-bond acceptors (Lipinski definition) is 4. The molecular weight excluding hydrogens is 220 g/mol. The molecule has 0 radical (unpaired) electrons. The number of esters is 1. The predicted molar refractivity (Wildman–Crippen MR) is 63.8 cm³/mol. The molecule has 0 saturated heterocycles. The summed E-state index contributed by atoms with van der Waals surface area (Å²) in [6.45, 7) is 5.92. The number of H-pyrrole nitrogens is 1. The van der Waals surface area contributed by atoms with Crippen LogP contribution in [0.25, 0.3) is 0 Å². The summed E-state index contributed by atoms with van der Waals surface area (Å²) < 4.78 is 4.92. The van der Waals surface area contributed by atoms with E-state index >= 15 is 0 Å². The quantitative estimate of drug-likeness (QED) is 0.745. The summed E-state index contributed by atoms with van der Waals surface area (Å²) >= 11 is 0. The lowest BCUT2D eigenvalue weighted by Gasteiger charge is -2.07. The van der Waals surface area contributed by atoms with Crippen molar-refractivity contribution < 1.29 is 14.6 Å². The van der Waals surface area contributed by atoms with Crippen molar-refractivity contribution >= 4 is 5.97 Å². The van der Waals surface area contributed by atoms with E-state index in [0.29, 0.717) is 18.7 Å². The second kappa shape index (κ2) is 6.39. The van der Waals surface area contributed by atoms with Crippen molar-refractivity contribution in [2.45, 2.75) is 46.1 Å². The molecule has 5 nitrogen and oxygen atoms in total. The fraction of sp³-hybridized carbons (Fsp3) is 0.667. The van der Waals surface area contributed by atoms with Crippen molar-refractivity contribution in [3.63, 3.8) is 0 Å². The van der Waals surface area contributed by atoms with Gasteiger partial charge in [0.25, 0.3) is 0 Å². The fourth-order valence-electron chi connectivity index (χ4n) is 1.59. The first kappa shape index (κ1) is 13.7. The van der Waals surface area contributed by atoms with Gasteiger partial charge in [-0.05, 0) is 19.8 Å². The van der Waals surface area contributed by atoms with Crippen molar-refractivity contribution in [2.24, 2.45) is 0 Å². The first-order chi connectivity index (χ1) is 8.13. The number of aliphatic hydroxyl groups is 1. The number of imidazole rings is 1. The van der Waals surface area contributed by atoms with Gasteiger partial charge < -0.3 is 14.8 Å². The molecule has 0 bridgehead atoms. The number of carbonyl (C=O) groups is 1. The molecule has 1 atom stereocenters. The van der Waals surface area contributed by atoms with Gasteiger partial charge in [0.1, 0.15) is 5.82 Å². The van der Waals surface area contributed by atoms with Crippen molar-refractivity contribution in [3.05, 3.63) is 17.2 Å². The van der Waals surface area contributed by atoms with Crippen molar-refractivity contribution in [2.75, 3.05) is 6.61 Å². The third-order valence-electron chi connectivity index (χ3n) is 2.46. The molecule has 0 saturated carbocycles. The average Bonchev–Trinajstić information content (AvgIpc) is 2.73. The number of carbonyl (C=O) groups excluding carboxylic acids is 1. The molecule has 5 heteroatoms. The Labute approximate surface area is 101 Å². The van der Waals surface area contributed by atoms with Crippen LogP contribution < -0.4 is 0 Å². The number of aryl methyl sites for hydroxylation is 1. The van der Waals surface area contributed by atoms with E-state index in [1.165, 1.54) is 0 Å². The van der Waals surface area contributed by atoms with Gasteiger partial charge in [-0.1, -0.05) is 13.8 Å². The van der Waals surface area contributed by atoms with Gasteiger partial charge in [0, 0.05) is 6.42 Å². The van der Waals surface area contributed by atoms with Gasteiger partial charge in [0.15, 0.2) is 5.69 Å². The van der Waals surface area contributed by atoms with Gasteiger partial charge in [-0.25, -0.2) is 9.78 Å². The predicted octanol–water partition coefficient (Wildman–Crippen LogP) is 1.98. The molecule has 0 spiro atoms. The molecule has 0 aromatic carbocycles. The van der Waals surface area contributed by atoms with Crippen LogP contribution >= 0.6 is 0 Å². The largest absolute Gasteiger partial charge is 0.461 e. The number of aromatic amines is 1. The number of ether oxygens (including phenoxy) is 1. The van der Waals surface area contributed by atoms with Crippen LogP contribution in [0.2, 0.25) is 0 Å².